The highest BCUT2D eigenvalue weighted by molar-refractivity contribution is 6.31. The summed E-state index contributed by atoms with van der Waals surface area (Å²) in [5, 5.41) is 9.25. The van der Waals surface area contributed by atoms with Crippen molar-refractivity contribution in [3.8, 4) is 0 Å². The number of carbonyl (C=O) groups excluding carboxylic acids is 1. The molecule has 0 bridgehead atoms. The monoisotopic (exact) mass is 432 g/mol. The number of halogens is 1. The molecule has 0 saturated heterocycles. The van der Waals surface area contributed by atoms with Crippen LogP contribution in [0.4, 0.5) is 0 Å². The van der Waals surface area contributed by atoms with E-state index in [4.69, 9.17) is 11.6 Å². The first-order chi connectivity index (χ1) is 15.0. The number of fused-ring (bicyclic) bond motifs is 1. The fourth-order valence-electron chi connectivity index (χ4n) is 3.98. The van der Waals surface area contributed by atoms with E-state index >= 15 is 0 Å². The molecule has 0 saturated carbocycles. The molecular formula is C25H25ClN4O. The van der Waals surface area contributed by atoms with Crippen molar-refractivity contribution < 1.29 is 4.79 Å². The number of nitrogens with zero attached hydrogens (tertiary/aromatic N) is 2. The number of nitrogens with one attached hydrogen (secondary N) is 2. The second-order valence-electron chi connectivity index (χ2n) is 7.65. The summed E-state index contributed by atoms with van der Waals surface area (Å²) in [6, 6.07) is 15.9. The number of hydrogen-bond acceptors (Lipinski definition) is 2. The summed E-state index contributed by atoms with van der Waals surface area (Å²) in [5.41, 5.74) is 6.04. The van der Waals surface area contributed by atoms with Crippen LogP contribution in [0.25, 0.3) is 17.0 Å². The van der Waals surface area contributed by atoms with Crippen LogP contribution in [0.5, 0.6) is 0 Å². The minimum Gasteiger partial charge on any atom is -0.361 e. The third-order valence-corrected chi connectivity index (χ3v) is 6.07. The average Bonchev–Trinajstić information content (AvgIpc) is 3.29. The zero-order valence-electron chi connectivity index (χ0n) is 17.8. The number of para-hydroxylation sites is 1. The highest BCUT2D eigenvalue weighted by atomic mass is 35.5. The van der Waals surface area contributed by atoms with Crippen LogP contribution in [0.15, 0.2) is 60.8 Å². The molecule has 0 radical (unpaired) electrons. The first-order valence-corrected chi connectivity index (χ1v) is 10.6. The third kappa shape index (κ3) is 4.28. The molecule has 0 aliphatic rings. The first-order valence-electron chi connectivity index (χ1n) is 10.2. The van der Waals surface area contributed by atoms with Crippen LogP contribution in [0.1, 0.15) is 34.0 Å². The van der Waals surface area contributed by atoms with E-state index in [1.807, 2.05) is 80.3 Å². The lowest BCUT2D eigenvalue weighted by molar-refractivity contribution is -0.116. The van der Waals surface area contributed by atoms with Gasteiger partial charge in [-0.1, -0.05) is 48.0 Å². The first kappa shape index (κ1) is 20.9. The number of amides is 1. The van der Waals surface area contributed by atoms with Gasteiger partial charge in [-0.3, -0.25) is 9.48 Å². The number of H-pyrrole nitrogens is 1. The number of aromatic amines is 1. The van der Waals surface area contributed by atoms with Gasteiger partial charge in [0.1, 0.15) is 0 Å². The van der Waals surface area contributed by atoms with E-state index < -0.39 is 0 Å². The Morgan fingerprint density at radius 2 is 1.90 bits per heavy atom. The van der Waals surface area contributed by atoms with Crippen molar-refractivity contribution >= 4 is 34.5 Å². The van der Waals surface area contributed by atoms with Gasteiger partial charge in [-0.25, -0.2) is 0 Å². The van der Waals surface area contributed by atoms with Crippen molar-refractivity contribution in [2.24, 2.45) is 7.05 Å². The van der Waals surface area contributed by atoms with Crippen LogP contribution in [0, 0.1) is 13.8 Å². The van der Waals surface area contributed by atoms with Crippen LogP contribution in [0.2, 0.25) is 5.02 Å². The number of aryl methyl sites for hydroxylation is 2. The largest absolute Gasteiger partial charge is 0.361 e. The lowest BCUT2D eigenvalue weighted by Gasteiger charge is -2.19. The predicted octanol–water partition coefficient (Wildman–Crippen LogP) is 5.13. The van der Waals surface area contributed by atoms with Gasteiger partial charge in [-0.15, -0.1) is 0 Å². The van der Waals surface area contributed by atoms with Crippen molar-refractivity contribution in [3.63, 3.8) is 0 Å². The van der Waals surface area contributed by atoms with E-state index in [0.717, 1.165) is 39.0 Å². The van der Waals surface area contributed by atoms with Gasteiger partial charge >= 0.3 is 0 Å². The standard InChI is InChI=1S/C25H25ClN4O/c1-16-18(17(2)30(3)29-16)12-13-25(31)28-15-21(19-8-4-6-10-23(19)26)22-14-27-24-11-7-5-9-20(22)24/h4-14,21,27H,15H2,1-3H3,(H,28,31)/b13-12+. The lowest BCUT2D eigenvalue weighted by atomic mass is 9.90. The van der Waals surface area contributed by atoms with E-state index in [-0.39, 0.29) is 11.8 Å². The Labute approximate surface area is 186 Å². The molecule has 6 heteroatoms. The van der Waals surface area contributed by atoms with Crippen molar-refractivity contribution in [2.75, 3.05) is 6.54 Å². The van der Waals surface area contributed by atoms with Crippen molar-refractivity contribution in [2.45, 2.75) is 19.8 Å². The maximum Gasteiger partial charge on any atom is 0.244 e. The molecule has 0 aliphatic heterocycles. The Balaban J connectivity index is 1.59. The highest BCUT2D eigenvalue weighted by Crippen LogP contribution is 2.34. The molecular weight excluding hydrogens is 408 g/mol. The van der Waals surface area contributed by atoms with Crippen molar-refractivity contribution in [1.29, 1.82) is 0 Å². The van der Waals surface area contributed by atoms with Gasteiger partial charge in [-0.05, 0) is 43.2 Å². The summed E-state index contributed by atoms with van der Waals surface area (Å²) in [6.45, 7) is 4.36. The van der Waals surface area contributed by atoms with Crippen LogP contribution < -0.4 is 5.32 Å². The Hall–Kier alpha value is -3.31. The molecule has 4 aromatic rings. The second kappa shape index (κ2) is 8.82. The summed E-state index contributed by atoms with van der Waals surface area (Å²) in [4.78, 5) is 16.0. The summed E-state index contributed by atoms with van der Waals surface area (Å²) in [6.07, 6.45) is 5.39. The van der Waals surface area contributed by atoms with Gasteiger partial charge in [0, 0.05) is 59.0 Å². The van der Waals surface area contributed by atoms with E-state index in [1.165, 1.54) is 0 Å². The van der Waals surface area contributed by atoms with Gasteiger partial charge in [0.25, 0.3) is 0 Å². The molecule has 1 amide bonds. The Kier molecular flexibility index (Phi) is 5.96. The number of carbonyl (C=O) groups is 1. The molecule has 1 atom stereocenters. The number of hydrogen-bond donors (Lipinski definition) is 2. The molecule has 2 aromatic heterocycles. The van der Waals surface area contributed by atoms with Crippen LogP contribution in [-0.4, -0.2) is 27.2 Å². The predicted molar refractivity (Wildman–Crippen MR) is 126 cm³/mol. The Bertz CT molecular complexity index is 1270. The highest BCUT2D eigenvalue weighted by Gasteiger charge is 2.21. The van der Waals surface area contributed by atoms with E-state index in [0.29, 0.717) is 11.6 Å². The van der Waals surface area contributed by atoms with Gasteiger partial charge in [0.2, 0.25) is 5.91 Å². The third-order valence-electron chi connectivity index (χ3n) is 5.72. The number of aromatic nitrogens is 3. The zero-order valence-corrected chi connectivity index (χ0v) is 18.6. The molecule has 5 nitrogen and oxygen atoms in total. The summed E-state index contributed by atoms with van der Waals surface area (Å²) in [5.74, 6) is -0.233. The number of benzene rings is 2. The smallest absolute Gasteiger partial charge is 0.244 e. The molecule has 158 valence electrons. The van der Waals surface area contributed by atoms with E-state index in [2.05, 4.69) is 21.5 Å². The molecule has 31 heavy (non-hydrogen) atoms. The van der Waals surface area contributed by atoms with Gasteiger partial charge in [0.15, 0.2) is 0 Å². The molecule has 2 N–H and O–H groups in total. The average molecular weight is 433 g/mol. The Morgan fingerprint density at radius 1 is 1.16 bits per heavy atom. The fourth-order valence-corrected chi connectivity index (χ4v) is 4.25. The number of rotatable bonds is 6. The molecule has 0 fully saturated rings. The molecule has 2 heterocycles. The fraction of sp³-hybridized carbons (Fsp3) is 0.200. The van der Waals surface area contributed by atoms with Crippen molar-refractivity contribution in [1.82, 2.24) is 20.1 Å². The lowest BCUT2D eigenvalue weighted by Crippen LogP contribution is -2.27. The van der Waals surface area contributed by atoms with Crippen LogP contribution in [-0.2, 0) is 11.8 Å². The van der Waals surface area contributed by atoms with Gasteiger partial charge < -0.3 is 10.3 Å². The van der Waals surface area contributed by atoms with Crippen LogP contribution >= 0.6 is 11.6 Å². The maximum absolute atomic E-state index is 12.6. The second-order valence-corrected chi connectivity index (χ2v) is 8.06. The zero-order chi connectivity index (χ0) is 22.0. The SMILES string of the molecule is Cc1nn(C)c(C)c1/C=C/C(=O)NCC(c1ccccc1Cl)c1c[nH]c2ccccc12. The maximum atomic E-state index is 12.6. The minimum atomic E-state index is -0.153. The van der Waals surface area contributed by atoms with E-state index in [9.17, 15) is 4.79 Å². The summed E-state index contributed by atoms with van der Waals surface area (Å²) < 4.78 is 1.82. The summed E-state index contributed by atoms with van der Waals surface area (Å²) in [7, 11) is 1.90. The minimum absolute atomic E-state index is 0.0796. The molecule has 2 aromatic carbocycles. The molecule has 0 spiro atoms. The van der Waals surface area contributed by atoms with Crippen molar-refractivity contribution in [3.05, 3.63) is 93.9 Å². The molecule has 1 unspecified atom stereocenters. The summed E-state index contributed by atoms with van der Waals surface area (Å²) >= 11 is 6.53. The quantitative estimate of drug-likeness (QED) is 0.415. The van der Waals surface area contributed by atoms with Gasteiger partial charge in [-0.2, -0.15) is 5.10 Å². The van der Waals surface area contributed by atoms with Gasteiger partial charge in [0.05, 0.1) is 5.69 Å². The van der Waals surface area contributed by atoms with E-state index in [1.54, 1.807) is 6.08 Å². The topological polar surface area (TPSA) is 62.7 Å². The molecule has 4 rings (SSSR count). The van der Waals surface area contributed by atoms with Crippen LogP contribution in [0.3, 0.4) is 0 Å². The normalized spacial score (nSPS) is 12.5. The Morgan fingerprint density at radius 3 is 2.65 bits per heavy atom. The molecule has 0 aliphatic carbocycles.